The number of hydrogen-bond donors (Lipinski definition) is 2. The minimum absolute atomic E-state index is 0.203. The smallest absolute Gasteiger partial charge is 0.267 e. The molecule has 88 valence electrons. The summed E-state index contributed by atoms with van der Waals surface area (Å²) in [6.07, 6.45) is 4.91. The van der Waals surface area contributed by atoms with Gasteiger partial charge in [0.05, 0.1) is 6.33 Å². The van der Waals surface area contributed by atoms with Crippen LogP contribution in [0.1, 0.15) is 11.1 Å². The van der Waals surface area contributed by atoms with Gasteiger partial charge in [0.1, 0.15) is 10.3 Å². The number of aromatic amines is 1. The van der Waals surface area contributed by atoms with E-state index in [1.807, 2.05) is 13.0 Å². The normalized spacial score (nSPS) is 10.2. The number of anilines is 1. The van der Waals surface area contributed by atoms with E-state index in [0.29, 0.717) is 16.8 Å². The number of H-pyrrole nitrogens is 1. The Kier molecular flexibility index (Phi) is 3.53. The molecule has 0 saturated heterocycles. The fourth-order valence-corrected chi connectivity index (χ4v) is 1.72. The number of hydrogen-bond acceptors (Lipinski definition) is 4. The van der Waals surface area contributed by atoms with Gasteiger partial charge in [-0.1, -0.05) is 0 Å². The lowest BCUT2D eigenvalue weighted by atomic mass is 10.1. The van der Waals surface area contributed by atoms with Crippen LogP contribution in [0.4, 0.5) is 5.82 Å². The van der Waals surface area contributed by atoms with E-state index in [9.17, 15) is 4.79 Å². The summed E-state index contributed by atoms with van der Waals surface area (Å²) in [5.74, 6) is 0.525. The van der Waals surface area contributed by atoms with Crippen LogP contribution in [0.5, 0.6) is 0 Å². The van der Waals surface area contributed by atoms with E-state index in [2.05, 4.69) is 36.2 Å². The summed E-state index contributed by atoms with van der Waals surface area (Å²) in [7, 11) is 0. The van der Waals surface area contributed by atoms with E-state index >= 15 is 0 Å². The zero-order chi connectivity index (χ0) is 12.3. The monoisotopic (exact) mass is 294 g/mol. The maximum Gasteiger partial charge on any atom is 0.267 e. The predicted molar refractivity (Wildman–Crippen MR) is 68.9 cm³/mol. The highest BCUT2D eigenvalue weighted by molar-refractivity contribution is 9.10. The number of aryl methyl sites for hydroxylation is 1. The first kappa shape index (κ1) is 11.8. The molecular formula is C11H11BrN4O. The zero-order valence-electron chi connectivity index (χ0n) is 9.20. The summed E-state index contributed by atoms with van der Waals surface area (Å²) >= 11 is 3.19. The molecule has 0 bridgehead atoms. The molecule has 0 unspecified atom stereocenters. The quantitative estimate of drug-likeness (QED) is 0.906. The van der Waals surface area contributed by atoms with Gasteiger partial charge >= 0.3 is 0 Å². The van der Waals surface area contributed by atoms with Crippen molar-refractivity contribution in [3.63, 3.8) is 0 Å². The van der Waals surface area contributed by atoms with Gasteiger partial charge in [0.2, 0.25) is 0 Å². The molecule has 5 nitrogen and oxygen atoms in total. The van der Waals surface area contributed by atoms with Gasteiger partial charge in [-0.2, -0.15) is 0 Å². The van der Waals surface area contributed by atoms with Gasteiger partial charge < -0.3 is 10.3 Å². The fraction of sp³-hybridized carbons (Fsp3) is 0.182. The van der Waals surface area contributed by atoms with Crippen LogP contribution in [0.3, 0.4) is 0 Å². The van der Waals surface area contributed by atoms with E-state index in [1.165, 1.54) is 6.33 Å². The lowest BCUT2D eigenvalue weighted by molar-refractivity contribution is 1.03. The maximum absolute atomic E-state index is 11.3. The number of rotatable bonds is 3. The molecule has 2 aromatic heterocycles. The summed E-state index contributed by atoms with van der Waals surface area (Å²) in [6.45, 7) is 2.59. The Balaban J connectivity index is 2.16. The largest absolute Gasteiger partial charge is 0.365 e. The van der Waals surface area contributed by atoms with Crippen LogP contribution in [-0.4, -0.2) is 15.0 Å². The number of pyridine rings is 1. The average Bonchev–Trinajstić information content (AvgIpc) is 2.33. The van der Waals surface area contributed by atoms with E-state index in [1.54, 1.807) is 12.4 Å². The second-order valence-electron chi connectivity index (χ2n) is 3.55. The van der Waals surface area contributed by atoms with Crippen LogP contribution < -0.4 is 10.9 Å². The van der Waals surface area contributed by atoms with Crippen LogP contribution in [0.2, 0.25) is 0 Å². The average molecular weight is 295 g/mol. The molecule has 0 aliphatic carbocycles. The molecule has 0 aliphatic rings. The Morgan fingerprint density at radius 1 is 1.53 bits per heavy atom. The third-order valence-electron chi connectivity index (χ3n) is 2.39. The van der Waals surface area contributed by atoms with Gasteiger partial charge in [0.25, 0.3) is 5.56 Å². The molecule has 2 N–H and O–H groups in total. The van der Waals surface area contributed by atoms with Crippen molar-refractivity contribution >= 4 is 21.7 Å². The van der Waals surface area contributed by atoms with E-state index < -0.39 is 0 Å². The standard InChI is InChI=1S/C11H11BrN4O/c1-7-2-3-13-4-8(7)5-14-10-9(12)11(17)16-6-15-10/h2-4,6H,5H2,1H3,(H2,14,15,16,17). The van der Waals surface area contributed by atoms with Gasteiger partial charge in [-0.25, -0.2) is 4.98 Å². The molecule has 0 radical (unpaired) electrons. The summed E-state index contributed by atoms with van der Waals surface area (Å²) in [5.41, 5.74) is 2.01. The SMILES string of the molecule is Cc1ccncc1CNc1nc[nH]c(=O)c1Br. The molecule has 0 spiro atoms. The van der Waals surface area contributed by atoms with Crippen LogP contribution in [0.25, 0.3) is 0 Å². The van der Waals surface area contributed by atoms with Crippen molar-refractivity contribution in [2.45, 2.75) is 13.5 Å². The molecule has 2 rings (SSSR count). The van der Waals surface area contributed by atoms with Crippen LogP contribution >= 0.6 is 15.9 Å². The van der Waals surface area contributed by atoms with Crippen molar-refractivity contribution in [3.8, 4) is 0 Å². The molecule has 0 aliphatic heterocycles. The van der Waals surface area contributed by atoms with E-state index in [-0.39, 0.29) is 5.56 Å². The van der Waals surface area contributed by atoms with Crippen LogP contribution in [0, 0.1) is 6.92 Å². The predicted octanol–water partition coefficient (Wildman–Crippen LogP) is 1.85. The summed E-state index contributed by atoms with van der Waals surface area (Å²) in [6, 6.07) is 1.94. The second kappa shape index (κ2) is 5.09. The molecular weight excluding hydrogens is 284 g/mol. The lowest BCUT2D eigenvalue weighted by Crippen LogP contribution is -2.12. The van der Waals surface area contributed by atoms with Crippen molar-refractivity contribution in [1.29, 1.82) is 0 Å². The molecule has 2 aromatic rings. The zero-order valence-corrected chi connectivity index (χ0v) is 10.8. The van der Waals surface area contributed by atoms with Gasteiger partial charge in [-0.15, -0.1) is 0 Å². The molecule has 0 amide bonds. The Hall–Kier alpha value is -1.69. The van der Waals surface area contributed by atoms with Gasteiger partial charge in [0, 0.05) is 18.9 Å². The summed E-state index contributed by atoms with van der Waals surface area (Å²) in [4.78, 5) is 21.9. The highest BCUT2D eigenvalue weighted by atomic mass is 79.9. The molecule has 0 aromatic carbocycles. The number of nitrogens with one attached hydrogen (secondary N) is 2. The topological polar surface area (TPSA) is 70.7 Å². The minimum Gasteiger partial charge on any atom is -0.365 e. The Labute approximate surface area is 106 Å². The van der Waals surface area contributed by atoms with Crippen molar-refractivity contribution in [3.05, 3.63) is 50.7 Å². The maximum atomic E-state index is 11.3. The third-order valence-corrected chi connectivity index (χ3v) is 3.13. The van der Waals surface area contributed by atoms with Crippen molar-refractivity contribution in [2.75, 3.05) is 5.32 Å². The van der Waals surface area contributed by atoms with Gasteiger partial charge in [-0.05, 0) is 40.0 Å². The third kappa shape index (κ3) is 2.71. The number of aromatic nitrogens is 3. The first-order valence-corrected chi connectivity index (χ1v) is 5.84. The molecule has 0 fully saturated rings. The van der Waals surface area contributed by atoms with Crippen molar-refractivity contribution in [1.82, 2.24) is 15.0 Å². The van der Waals surface area contributed by atoms with Crippen molar-refractivity contribution < 1.29 is 0 Å². The van der Waals surface area contributed by atoms with E-state index in [4.69, 9.17) is 0 Å². The first-order chi connectivity index (χ1) is 8.18. The summed E-state index contributed by atoms with van der Waals surface area (Å²) in [5, 5.41) is 3.09. The van der Waals surface area contributed by atoms with Crippen molar-refractivity contribution in [2.24, 2.45) is 0 Å². The lowest BCUT2D eigenvalue weighted by Gasteiger charge is -2.08. The van der Waals surface area contributed by atoms with Gasteiger partial charge in [0.15, 0.2) is 0 Å². The summed E-state index contributed by atoms with van der Waals surface area (Å²) < 4.78 is 0.404. The fourth-order valence-electron chi connectivity index (χ4n) is 1.37. The van der Waals surface area contributed by atoms with Gasteiger partial charge in [-0.3, -0.25) is 9.78 Å². The second-order valence-corrected chi connectivity index (χ2v) is 4.34. The van der Waals surface area contributed by atoms with E-state index in [0.717, 1.165) is 11.1 Å². The molecule has 2 heterocycles. The Morgan fingerprint density at radius 2 is 2.35 bits per heavy atom. The molecule has 6 heteroatoms. The number of nitrogens with zero attached hydrogens (tertiary/aromatic N) is 2. The highest BCUT2D eigenvalue weighted by Gasteiger charge is 2.05. The number of halogens is 1. The highest BCUT2D eigenvalue weighted by Crippen LogP contribution is 2.15. The first-order valence-electron chi connectivity index (χ1n) is 5.05. The molecule has 0 saturated carbocycles. The Morgan fingerprint density at radius 3 is 3.12 bits per heavy atom. The molecule has 17 heavy (non-hydrogen) atoms. The van der Waals surface area contributed by atoms with Crippen LogP contribution in [-0.2, 0) is 6.54 Å². The Bertz CT molecular complexity index is 582. The van der Waals surface area contributed by atoms with Crippen LogP contribution in [0.15, 0.2) is 34.1 Å². The molecule has 0 atom stereocenters. The minimum atomic E-state index is -0.203.